The first-order chi connectivity index (χ1) is 10.9. The van der Waals surface area contributed by atoms with E-state index in [9.17, 15) is 13.2 Å². The maximum absolute atomic E-state index is 12.6. The minimum absolute atomic E-state index is 0.0527. The highest BCUT2D eigenvalue weighted by Gasteiger charge is 2.31. The van der Waals surface area contributed by atoms with Crippen molar-refractivity contribution in [2.45, 2.75) is 19.1 Å². The summed E-state index contributed by atoms with van der Waals surface area (Å²) in [6, 6.07) is 4.76. The number of nitrogens with zero attached hydrogens (tertiary/aromatic N) is 2. The van der Waals surface area contributed by atoms with Crippen molar-refractivity contribution in [3.63, 3.8) is 0 Å². The molecule has 0 N–H and O–H groups in total. The number of hydrogen-bond donors (Lipinski definition) is 0. The molecule has 0 bridgehead atoms. The highest BCUT2D eigenvalue weighted by atomic mass is 79.9. The van der Waals surface area contributed by atoms with Crippen LogP contribution >= 0.6 is 15.9 Å². The molecule has 23 heavy (non-hydrogen) atoms. The molecular formula is C16H18BrF3N2O. The summed E-state index contributed by atoms with van der Waals surface area (Å²) in [6.45, 7) is 2.68. The molecule has 1 aromatic carbocycles. The number of hydrogen-bond acceptors (Lipinski definition) is 3. The van der Waals surface area contributed by atoms with E-state index in [1.807, 2.05) is 42.2 Å². The third-order valence-corrected chi connectivity index (χ3v) is 3.88. The van der Waals surface area contributed by atoms with Gasteiger partial charge in [0.2, 0.25) is 5.88 Å². The van der Waals surface area contributed by atoms with Crippen molar-refractivity contribution in [3.05, 3.63) is 53.9 Å². The van der Waals surface area contributed by atoms with Gasteiger partial charge in [-0.15, -0.1) is 0 Å². The highest BCUT2D eigenvalue weighted by molar-refractivity contribution is 9.09. The van der Waals surface area contributed by atoms with Gasteiger partial charge < -0.3 is 4.74 Å². The van der Waals surface area contributed by atoms with Gasteiger partial charge in [-0.2, -0.15) is 13.2 Å². The van der Waals surface area contributed by atoms with Crippen LogP contribution in [-0.4, -0.2) is 35.0 Å². The molecule has 3 nitrogen and oxygen atoms in total. The van der Waals surface area contributed by atoms with Crippen LogP contribution in [0.25, 0.3) is 0 Å². The van der Waals surface area contributed by atoms with Crippen molar-refractivity contribution in [1.29, 1.82) is 0 Å². The first-order valence-corrected chi connectivity index (χ1v) is 8.28. The Bertz CT molecular complexity index is 584. The topological polar surface area (TPSA) is 15.7 Å². The lowest BCUT2D eigenvalue weighted by atomic mass is 10.2. The number of allylic oxidation sites excluding steroid dienone is 1. The third kappa shape index (κ3) is 4.29. The van der Waals surface area contributed by atoms with E-state index in [0.29, 0.717) is 18.2 Å². The van der Waals surface area contributed by atoms with Crippen LogP contribution in [0.5, 0.6) is 5.75 Å². The lowest BCUT2D eigenvalue weighted by Crippen LogP contribution is -2.39. The fourth-order valence-corrected chi connectivity index (χ4v) is 2.54. The summed E-state index contributed by atoms with van der Waals surface area (Å²) in [5, 5.41) is 4.70. The van der Waals surface area contributed by atoms with Crippen LogP contribution in [0.4, 0.5) is 13.2 Å². The average Bonchev–Trinajstić information content (AvgIpc) is 2.80. The fraction of sp³-hybridized carbons (Fsp3) is 0.375. The molecule has 0 saturated carbocycles. The van der Waals surface area contributed by atoms with Crippen molar-refractivity contribution in [1.82, 2.24) is 10.0 Å². The van der Waals surface area contributed by atoms with Gasteiger partial charge in [-0.1, -0.05) is 28.1 Å². The molecule has 1 heterocycles. The molecule has 0 amide bonds. The molecule has 0 aromatic heterocycles. The van der Waals surface area contributed by atoms with Gasteiger partial charge in [0.25, 0.3) is 0 Å². The molecule has 7 heteroatoms. The number of ether oxygens (including phenoxy) is 1. The van der Waals surface area contributed by atoms with E-state index in [-0.39, 0.29) is 6.04 Å². The first-order valence-electron chi connectivity index (χ1n) is 7.16. The lowest BCUT2D eigenvalue weighted by Gasteiger charge is -2.29. The molecule has 1 aliphatic rings. The predicted molar refractivity (Wildman–Crippen MR) is 87.0 cm³/mol. The molecular weight excluding hydrogens is 373 g/mol. The molecule has 2 rings (SSSR count). The molecule has 126 valence electrons. The van der Waals surface area contributed by atoms with Gasteiger partial charge >= 0.3 is 6.18 Å². The first kappa shape index (κ1) is 17.9. The Morgan fingerprint density at radius 2 is 1.91 bits per heavy atom. The molecule has 0 radical (unpaired) electrons. The molecule has 1 aromatic rings. The Labute approximate surface area is 142 Å². The number of benzene rings is 1. The molecule has 0 fully saturated rings. The van der Waals surface area contributed by atoms with E-state index in [4.69, 9.17) is 4.74 Å². The number of likely N-dealkylation sites (N-methyl/N-ethyl adjacent to an activating group) is 1. The van der Waals surface area contributed by atoms with Gasteiger partial charge in [0.1, 0.15) is 5.75 Å². The summed E-state index contributed by atoms with van der Waals surface area (Å²) >= 11 is 3.34. The molecule has 0 aliphatic carbocycles. The summed E-state index contributed by atoms with van der Waals surface area (Å²) < 4.78 is 43.5. The van der Waals surface area contributed by atoms with Crippen molar-refractivity contribution in [3.8, 4) is 5.75 Å². The second-order valence-electron chi connectivity index (χ2n) is 4.99. The normalized spacial score (nSPS) is 19.5. The maximum atomic E-state index is 12.6. The molecule has 1 atom stereocenters. The van der Waals surface area contributed by atoms with Crippen molar-refractivity contribution >= 4 is 15.9 Å². The number of hydrazine groups is 1. The van der Waals surface area contributed by atoms with E-state index < -0.39 is 11.7 Å². The second kappa shape index (κ2) is 7.40. The van der Waals surface area contributed by atoms with Crippen molar-refractivity contribution < 1.29 is 17.9 Å². The van der Waals surface area contributed by atoms with Gasteiger partial charge in [-0.25, -0.2) is 5.01 Å². The van der Waals surface area contributed by atoms with Crippen LogP contribution in [0.1, 0.15) is 12.5 Å². The quantitative estimate of drug-likeness (QED) is 0.546. The Morgan fingerprint density at radius 1 is 1.26 bits per heavy atom. The monoisotopic (exact) mass is 390 g/mol. The van der Waals surface area contributed by atoms with Crippen molar-refractivity contribution in [2.75, 3.05) is 18.9 Å². The van der Waals surface area contributed by atoms with Crippen molar-refractivity contribution in [2.24, 2.45) is 0 Å². The van der Waals surface area contributed by atoms with E-state index in [1.54, 1.807) is 0 Å². The average molecular weight is 391 g/mol. The van der Waals surface area contributed by atoms with Crippen LogP contribution in [0.15, 0.2) is 48.4 Å². The second-order valence-corrected chi connectivity index (χ2v) is 5.64. The van der Waals surface area contributed by atoms with Crippen LogP contribution < -0.4 is 4.74 Å². The molecule has 1 aliphatic heterocycles. The van der Waals surface area contributed by atoms with Crippen LogP contribution in [-0.2, 0) is 6.18 Å². The highest BCUT2D eigenvalue weighted by Crippen LogP contribution is 2.31. The van der Waals surface area contributed by atoms with E-state index >= 15 is 0 Å². The van der Waals surface area contributed by atoms with Crippen LogP contribution in [0.3, 0.4) is 0 Å². The van der Waals surface area contributed by atoms with Crippen LogP contribution in [0.2, 0.25) is 0 Å². The Kier molecular flexibility index (Phi) is 5.75. The standard InChI is InChI=1S/C16H18BrF3N2O/c1-3-22-15(11-13(21(22)2)5-4-10-17)23-14-8-6-12(7-9-14)16(18,19)20/h4-9,11,13H,3,10H2,1-2H3/b5-4+. The van der Waals surface area contributed by atoms with Gasteiger partial charge in [-0.05, 0) is 31.2 Å². The largest absolute Gasteiger partial charge is 0.440 e. The molecule has 1 unspecified atom stereocenters. The lowest BCUT2D eigenvalue weighted by molar-refractivity contribution is -0.137. The SMILES string of the molecule is CCN1C(Oc2ccc(C(F)(F)F)cc2)=CC(/C=C/CBr)N1C. The summed E-state index contributed by atoms with van der Waals surface area (Å²) in [5.41, 5.74) is -0.687. The summed E-state index contributed by atoms with van der Waals surface area (Å²) in [7, 11) is 1.94. The van der Waals surface area contributed by atoms with Gasteiger partial charge in [0, 0.05) is 25.0 Å². The number of rotatable bonds is 5. The predicted octanol–water partition coefficient (Wildman–Crippen LogP) is 4.43. The van der Waals surface area contributed by atoms with Gasteiger partial charge in [0.15, 0.2) is 0 Å². The Morgan fingerprint density at radius 3 is 2.43 bits per heavy atom. The van der Waals surface area contributed by atoms with E-state index in [0.717, 1.165) is 17.5 Å². The fourth-order valence-electron chi connectivity index (χ4n) is 2.33. The van der Waals surface area contributed by atoms with Gasteiger partial charge in [0.05, 0.1) is 11.6 Å². The maximum Gasteiger partial charge on any atom is 0.416 e. The molecule has 0 saturated heterocycles. The third-order valence-electron chi connectivity index (χ3n) is 3.51. The minimum atomic E-state index is -4.34. The zero-order valence-corrected chi connectivity index (χ0v) is 14.4. The zero-order valence-electron chi connectivity index (χ0n) is 12.8. The molecule has 0 spiro atoms. The van der Waals surface area contributed by atoms with E-state index in [1.165, 1.54) is 12.1 Å². The van der Waals surface area contributed by atoms with E-state index in [2.05, 4.69) is 15.9 Å². The zero-order chi connectivity index (χ0) is 17.0. The number of alkyl halides is 4. The minimum Gasteiger partial charge on any atom is -0.440 e. The number of halogens is 4. The summed E-state index contributed by atoms with van der Waals surface area (Å²) in [5.74, 6) is 0.986. The Hall–Kier alpha value is -1.47. The smallest absolute Gasteiger partial charge is 0.416 e. The summed E-state index contributed by atoms with van der Waals surface area (Å²) in [6.07, 6.45) is 1.61. The van der Waals surface area contributed by atoms with Gasteiger partial charge in [-0.3, -0.25) is 5.01 Å². The Balaban J connectivity index is 2.15. The van der Waals surface area contributed by atoms with Crippen LogP contribution in [0, 0.1) is 0 Å². The summed E-state index contributed by atoms with van der Waals surface area (Å²) in [4.78, 5) is 0.